The van der Waals surface area contributed by atoms with E-state index in [0.717, 1.165) is 17.3 Å². The summed E-state index contributed by atoms with van der Waals surface area (Å²) in [5.41, 5.74) is 1.11. The second-order valence-corrected chi connectivity index (χ2v) is 4.56. The van der Waals surface area contributed by atoms with Crippen LogP contribution in [0, 0.1) is 0 Å². The van der Waals surface area contributed by atoms with Crippen molar-refractivity contribution in [2.45, 2.75) is 12.8 Å². The summed E-state index contributed by atoms with van der Waals surface area (Å²) in [4.78, 5) is 0. The number of benzene rings is 1. The van der Waals surface area contributed by atoms with Crippen LogP contribution in [-0.4, -0.2) is 18.6 Å². The molecule has 0 saturated carbocycles. The number of unbranched alkanes of at least 4 members (excludes halogenated alkanes) is 1. The molecule has 1 aromatic carbocycles. The van der Waals surface area contributed by atoms with E-state index in [2.05, 4.69) is 11.6 Å². The van der Waals surface area contributed by atoms with E-state index < -0.39 is 0 Å². The lowest BCUT2D eigenvalue weighted by Gasteiger charge is -2.05. The summed E-state index contributed by atoms with van der Waals surface area (Å²) in [6, 6.07) is 7.85. The van der Waals surface area contributed by atoms with E-state index in [1.54, 1.807) is 0 Å². The molecular weight excluding hydrogens is 214 g/mol. The highest BCUT2D eigenvalue weighted by atomic mass is 35.5. The molecule has 0 aliphatic heterocycles. The molecule has 14 heavy (non-hydrogen) atoms. The zero-order chi connectivity index (χ0) is 10.2. The third-order valence-corrected chi connectivity index (χ3v) is 2.86. The molecule has 0 amide bonds. The van der Waals surface area contributed by atoms with Crippen LogP contribution in [-0.2, 0) is 0 Å². The Kier molecular flexibility index (Phi) is 5.88. The van der Waals surface area contributed by atoms with Gasteiger partial charge in [0.15, 0.2) is 0 Å². The van der Waals surface area contributed by atoms with E-state index in [4.69, 9.17) is 11.6 Å². The molecule has 0 spiro atoms. The highest BCUT2D eigenvalue weighted by Gasteiger charge is 1.92. The predicted molar refractivity (Wildman–Crippen MR) is 67.6 cm³/mol. The standard InChI is InChI=1S/C11H16ClNS/c1-14-8-3-2-7-13-11-6-4-5-10(12)9-11/h4-6,9,13H,2-3,7-8H2,1H3. The van der Waals surface area contributed by atoms with Crippen molar-refractivity contribution in [1.82, 2.24) is 0 Å². The molecule has 0 aliphatic rings. The molecule has 0 atom stereocenters. The third kappa shape index (κ3) is 4.77. The third-order valence-electron chi connectivity index (χ3n) is 1.93. The smallest absolute Gasteiger partial charge is 0.0426 e. The fraction of sp³-hybridized carbons (Fsp3) is 0.455. The molecule has 0 fully saturated rings. The van der Waals surface area contributed by atoms with Gasteiger partial charge in [-0.3, -0.25) is 0 Å². The van der Waals surface area contributed by atoms with Crippen LogP contribution < -0.4 is 5.32 Å². The maximum atomic E-state index is 5.86. The number of hydrogen-bond donors (Lipinski definition) is 1. The van der Waals surface area contributed by atoms with Gasteiger partial charge >= 0.3 is 0 Å². The van der Waals surface area contributed by atoms with Crippen molar-refractivity contribution in [2.75, 3.05) is 23.9 Å². The summed E-state index contributed by atoms with van der Waals surface area (Å²) in [5, 5.41) is 4.14. The SMILES string of the molecule is CSCCCCNc1cccc(Cl)c1. The van der Waals surface area contributed by atoms with Crippen molar-refractivity contribution in [1.29, 1.82) is 0 Å². The van der Waals surface area contributed by atoms with Crippen molar-refractivity contribution < 1.29 is 0 Å². The summed E-state index contributed by atoms with van der Waals surface area (Å²) >= 11 is 7.77. The van der Waals surface area contributed by atoms with Crippen molar-refractivity contribution in [3.05, 3.63) is 29.3 Å². The lowest BCUT2D eigenvalue weighted by atomic mass is 10.3. The lowest BCUT2D eigenvalue weighted by molar-refractivity contribution is 0.843. The summed E-state index contributed by atoms with van der Waals surface area (Å²) < 4.78 is 0. The number of nitrogens with one attached hydrogen (secondary N) is 1. The zero-order valence-electron chi connectivity index (χ0n) is 8.42. The Morgan fingerprint density at radius 3 is 2.93 bits per heavy atom. The molecule has 0 heterocycles. The van der Waals surface area contributed by atoms with E-state index in [1.165, 1.54) is 18.6 Å². The molecule has 0 unspecified atom stereocenters. The Balaban J connectivity index is 2.18. The summed E-state index contributed by atoms with van der Waals surface area (Å²) in [5.74, 6) is 1.25. The molecule has 0 aliphatic carbocycles. The fourth-order valence-electron chi connectivity index (χ4n) is 1.20. The fourth-order valence-corrected chi connectivity index (χ4v) is 1.89. The van der Waals surface area contributed by atoms with E-state index in [-0.39, 0.29) is 0 Å². The first-order chi connectivity index (χ1) is 6.83. The van der Waals surface area contributed by atoms with Crippen LogP contribution >= 0.6 is 23.4 Å². The molecule has 1 N–H and O–H groups in total. The van der Waals surface area contributed by atoms with Crippen molar-refractivity contribution in [3.63, 3.8) is 0 Å². The minimum Gasteiger partial charge on any atom is -0.385 e. The molecule has 1 nitrogen and oxygen atoms in total. The Bertz CT molecular complexity index is 265. The first-order valence-electron chi connectivity index (χ1n) is 4.81. The molecule has 3 heteroatoms. The van der Waals surface area contributed by atoms with Crippen LogP contribution in [0.25, 0.3) is 0 Å². The molecule has 78 valence electrons. The van der Waals surface area contributed by atoms with Gasteiger partial charge < -0.3 is 5.32 Å². The highest BCUT2D eigenvalue weighted by molar-refractivity contribution is 7.98. The minimum absolute atomic E-state index is 0.791. The number of rotatable bonds is 6. The van der Waals surface area contributed by atoms with Gasteiger partial charge in [0.25, 0.3) is 0 Å². The first kappa shape index (κ1) is 11.7. The van der Waals surface area contributed by atoms with Gasteiger partial charge in [0.2, 0.25) is 0 Å². The van der Waals surface area contributed by atoms with Gasteiger partial charge in [0, 0.05) is 17.3 Å². The van der Waals surface area contributed by atoms with Gasteiger partial charge in [-0.25, -0.2) is 0 Å². The van der Waals surface area contributed by atoms with Crippen LogP contribution in [0.3, 0.4) is 0 Å². The number of thioether (sulfide) groups is 1. The summed E-state index contributed by atoms with van der Waals surface area (Å²) in [6.07, 6.45) is 4.63. The van der Waals surface area contributed by atoms with E-state index >= 15 is 0 Å². The molecule has 1 rings (SSSR count). The minimum atomic E-state index is 0.791. The average molecular weight is 230 g/mol. The largest absolute Gasteiger partial charge is 0.385 e. The lowest BCUT2D eigenvalue weighted by Crippen LogP contribution is -2.01. The van der Waals surface area contributed by atoms with Crippen molar-refractivity contribution >= 4 is 29.1 Å². The second kappa shape index (κ2) is 7.02. The Morgan fingerprint density at radius 2 is 2.21 bits per heavy atom. The first-order valence-corrected chi connectivity index (χ1v) is 6.58. The normalized spacial score (nSPS) is 10.1. The molecule has 0 radical (unpaired) electrons. The predicted octanol–water partition coefficient (Wildman–Crippen LogP) is 3.90. The topological polar surface area (TPSA) is 12.0 Å². The molecule has 0 bridgehead atoms. The van der Waals surface area contributed by atoms with Gasteiger partial charge in [-0.15, -0.1) is 0 Å². The second-order valence-electron chi connectivity index (χ2n) is 3.14. The monoisotopic (exact) mass is 229 g/mol. The van der Waals surface area contributed by atoms with E-state index in [9.17, 15) is 0 Å². The maximum Gasteiger partial charge on any atom is 0.0426 e. The number of halogens is 1. The van der Waals surface area contributed by atoms with Crippen molar-refractivity contribution in [3.8, 4) is 0 Å². The van der Waals surface area contributed by atoms with Gasteiger partial charge in [-0.05, 0) is 43.0 Å². The van der Waals surface area contributed by atoms with Crippen LogP contribution in [0.2, 0.25) is 5.02 Å². The van der Waals surface area contributed by atoms with Crippen LogP contribution in [0.4, 0.5) is 5.69 Å². The Hall–Kier alpha value is -0.340. The van der Waals surface area contributed by atoms with Crippen LogP contribution in [0.1, 0.15) is 12.8 Å². The van der Waals surface area contributed by atoms with Gasteiger partial charge in [0.1, 0.15) is 0 Å². The molecule has 0 saturated heterocycles. The molecular formula is C11H16ClNS. The Labute approximate surface area is 95.2 Å². The quantitative estimate of drug-likeness (QED) is 0.743. The average Bonchev–Trinajstić information content (AvgIpc) is 2.18. The van der Waals surface area contributed by atoms with Crippen LogP contribution in [0.5, 0.6) is 0 Å². The number of anilines is 1. The summed E-state index contributed by atoms with van der Waals surface area (Å²) in [7, 11) is 0. The molecule has 0 aromatic heterocycles. The maximum absolute atomic E-state index is 5.86. The number of hydrogen-bond acceptors (Lipinski definition) is 2. The van der Waals surface area contributed by atoms with Gasteiger partial charge in [0.05, 0.1) is 0 Å². The Morgan fingerprint density at radius 1 is 1.36 bits per heavy atom. The van der Waals surface area contributed by atoms with E-state index in [1.807, 2.05) is 36.0 Å². The van der Waals surface area contributed by atoms with Crippen LogP contribution in [0.15, 0.2) is 24.3 Å². The van der Waals surface area contributed by atoms with E-state index in [0.29, 0.717) is 0 Å². The summed E-state index contributed by atoms with van der Waals surface area (Å²) in [6.45, 7) is 1.03. The van der Waals surface area contributed by atoms with Gasteiger partial charge in [-0.1, -0.05) is 17.7 Å². The highest BCUT2D eigenvalue weighted by Crippen LogP contribution is 2.14. The molecule has 1 aromatic rings. The van der Waals surface area contributed by atoms with Crippen molar-refractivity contribution in [2.24, 2.45) is 0 Å². The van der Waals surface area contributed by atoms with Gasteiger partial charge in [-0.2, -0.15) is 11.8 Å². The zero-order valence-corrected chi connectivity index (χ0v) is 10.00.